The van der Waals surface area contributed by atoms with E-state index in [-0.39, 0.29) is 24.9 Å². The second kappa shape index (κ2) is 10.6. The zero-order valence-corrected chi connectivity index (χ0v) is 21.2. The van der Waals surface area contributed by atoms with Crippen LogP contribution in [0, 0.1) is 0 Å². The number of carbonyl (C=O) groups is 1. The lowest BCUT2D eigenvalue weighted by Crippen LogP contribution is -2.39. The summed E-state index contributed by atoms with van der Waals surface area (Å²) in [6.07, 6.45) is 2.11. The fourth-order valence-electron chi connectivity index (χ4n) is 4.80. The largest absolute Gasteiger partial charge is 0.445 e. The summed E-state index contributed by atoms with van der Waals surface area (Å²) in [5, 5.41) is 2.80. The van der Waals surface area contributed by atoms with Crippen LogP contribution in [0.4, 0.5) is 10.6 Å². The lowest BCUT2D eigenvalue weighted by Gasteiger charge is -2.27. The number of nitrogens with zero attached hydrogens (tertiary/aromatic N) is 5. The number of nitrogens with one attached hydrogen (secondary N) is 1. The lowest BCUT2D eigenvalue weighted by molar-refractivity contribution is -0.197. The van der Waals surface area contributed by atoms with Crippen molar-refractivity contribution in [3.63, 3.8) is 0 Å². The topological polar surface area (TPSA) is 139 Å². The second-order valence-corrected chi connectivity index (χ2v) is 9.82. The molecule has 0 bridgehead atoms. The molecule has 1 aromatic carbocycles. The molecule has 3 aromatic rings. The minimum Gasteiger partial charge on any atom is -0.445 e. The van der Waals surface area contributed by atoms with Crippen LogP contribution in [0.2, 0.25) is 0 Å². The summed E-state index contributed by atoms with van der Waals surface area (Å²) in [5.74, 6) is -0.418. The third kappa shape index (κ3) is 5.67. The molecule has 3 N–H and O–H groups in total. The summed E-state index contributed by atoms with van der Waals surface area (Å²) in [6.45, 7) is 5.93. The Balaban J connectivity index is 1.14. The van der Waals surface area contributed by atoms with Crippen LogP contribution in [-0.2, 0) is 25.6 Å². The number of amides is 1. The first kappa shape index (κ1) is 25.3. The Bertz CT molecular complexity index is 1220. The van der Waals surface area contributed by atoms with Crippen molar-refractivity contribution >= 4 is 23.1 Å². The van der Waals surface area contributed by atoms with E-state index in [1.165, 1.54) is 6.33 Å². The first-order chi connectivity index (χ1) is 17.8. The summed E-state index contributed by atoms with van der Waals surface area (Å²) < 4.78 is 26.0. The zero-order chi connectivity index (χ0) is 26.0. The van der Waals surface area contributed by atoms with Gasteiger partial charge in [-0.1, -0.05) is 30.3 Å². The SMILES string of the molecule is CN(CCCNC(=O)OCc1ccccc1)C[C@H]1O[C@@H](n2cnc3c(N)ncnc32)[C@@H]2OC(C)(C)O[C@@H]21. The molecule has 0 unspecified atom stereocenters. The second-order valence-electron chi connectivity index (χ2n) is 9.82. The maximum absolute atomic E-state index is 12.0. The van der Waals surface area contributed by atoms with Crippen LogP contribution in [0.15, 0.2) is 43.0 Å². The molecule has 5 rings (SSSR count). The number of imidazole rings is 1. The van der Waals surface area contributed by atoms with Crippen molar-refractivity contribution in [1.29, 1.82) is 0 Å². The molecule has 4 atom stereocenters. The summed E-state index contributed by atoms with van der Waals surface area (Å²) in [4.78, 5) is 26.9. The van der Waals surface area contributed by atoms with Gasteiger partial charge in [0.1, 0.15) is 36.8 Å². The predicted molar refractivity (Wildman–Crippen MR) is 134 cm³/mol. The van der Waals surface area contributed by atoms with Crippen LogP contribution in [-0.4, -0.2) is 81.3 Å². The summed E-state index contributed by atoms with van der Waals surface area (Å²) in [7, 11) is 2.01. The number of carbonyl (C=O) groups excluding carboxylic acids is 1. The minimum absolute atomic E-state index is 0.234. The Morgan fingerprint density at radius 2 is 1.97 bits per heavy atom. The third-order valence-corrected chi connectivity index (χ3v) is 6.48. The highest BCUT2D eigenvalue weighted by atomic mass is 16.8. The van der Waals surface area contributed by atoms with Gasteiger partial charge in [-0.3, -0.25) is 4.57 Å². The van der Waals surface area contributed by atoms with Crippen molar-refractivity contribution < 1.29 is 23.7 Å². The lowest BCUT2D eigenvalue weighted by atomic mass is 10.1. The number of nitrogens with two attached hydrogens (primary N) is 1. The van der Waals surface area contributed by atoms with Crippen molar-refractivity contribution in [2.24, 2.45) is 0 Å². The first-order valence-electron chi connectivity index (χ1n) is 12.4. The molecule has 12 heteroatoms. The molecular weight excluding hydrogens is 478 g/mol. The number of hydrogen-bond acceptors (Lipinski definition) is 10. The van der Waals surface area contributed by atoms with Gasteiger partial charge in [0.2, 0.25) is 0 Å². The molecule has 12 nitrogen and oxygen atoms in total. The molecule has 198 valence electrons. The minimum atomic E-state index is -0.734. The van der Waals surface area contributed by atoms with E-state index in [9.17, 15) is 4.79 Å². The van der Waals surface area contributed by atoms with Crippen LogP contribution >= 0.6 is 0 Å². The Kier molecular flexibility index (Phi) is 7.24. The molecule has 0 spiro atoms. The van der Waals surface area contributed by atoms with Gasteiger partial charge in [0, 0.05) is 13.1 Å². The number of hydrogen-bond donors (Lipinski definition) is 2. The highest BCUT2D eigenvalue weighted by Gasteiger charge is 2.56. The number of rotatable bonds is 9. The van der Waals surface area contributed by atoms with Gasteiger partial charge in [0.05, 0.1) is 6.33 Å². The molecule has 1 amide bonds. The maximum atomic E-state index is 12.0. The molecule has 2 fully saturated rings. The summed E-state index contributed by atoms with van der Waals surface area (Å²) >= 11 is 0. The summed E-state index contributed by atoms with van der Waals surface area (Å²) in [6, 6.07) is 9.59. The van der Waals surface area contributed by atoms with Gasteiger partial charge in [0.15, 0.2) is 23.5 Å². The molecule has 4 heterocycles. The van der Waals surface area contributed by atoms with Gasteiger partial charge in [-0.25, -0.2) is 19.7 Å². The smallest absolute Gasteiger partial charge is 0.407 e. The number of ether oxygens (including phenoxy) is 4. The molecule has 37 heavy (non-hydrogen) atoms. The van der Waals surface area contributed by atoms with E-state index in [0.29, 0.717) is 30.1 Å². The van der Waals surface area contributed by atoms with Gasteiger partial charge in [0.25, 0.3) is 0 Å². The monoisotopic (exact) mass is 511 g/mol. The average molecular weight is 512 g/mol. The van der Waals surface area contributed by atoms with E-state index in [4.69, 9.17) is 24.7 Å². The van der Waals surface area contributed by atoms with Crippen molar-refractivity contribution in [3.05, 3.63) is 48.5 Å². The molecule has 0 saturated carbocycles. The summed E-state index contributed by atoms with van der Waals surface area (Å²) in [5.41, 5.74) is 8.03. The quantitative estimate of drug-likeness (QED) is 0.411. The number of nitrogen functional groups attached to an aromatic ring is 1. The van der Waals surface area contributed by atoms with Crippen LogP contribution in [0.3, 0.4) is 0 Å². The van der Waals surface area contributed by atoms with E-state index in [1.807, 2.05) is 55.8 Å². The zero-order valence-electron chi connectivity index (χ0n) is 21.2. The fraction of sp³-hybridized carbons (Fsp3) is 0.520. The van der Waals surface area contributed by atoms with E-state index < -0.39 is 18.1 Å². The standard InChI is InChI=1S/C25H33N7O5/c1-25(2)36-19-17(12-31(3)11-7-10-27-24(33)34-13-16-8-5-4-6-9-16)35-23(20(19)37-25)32-15-30-18-21(26)28-14-29-22(18)32/h4-6,8-9,14-15,17,19-20,23H,7,10-13H2,1-3H3,(H,27,33)(H2,26,28,29)/t17-,19-,20-,23-/m1/s1. The fourth-order valence-corrected chi connectivity index (χ4v) is 4.80. The van der Waals surface area contributed by atoms with Gasteiger partial charge in [-0.05, 0) is 39.4 Å². The Labute approximate surface area is 215 Å². The number of fused-ring (bicyclic) bond motifs is 2. The molecule has 2 aliphatic rings. The van der Waals surface area contributed by atoms with E-state index in [2.05, 4.69) is 25.2 Å². The first-order valence-corrected chi connectivity index (χ1v) is 12.4. The maximum Gasteiger partial charge on any atom is 0.407 e. The van der Waals surface area contributed by atoms with Gasteiger partial charge < -0.3 is 34.9 Å². The molecule has 2 aliphatic heterocycles. The molecular formula is C25H33N7O5. The van der Waals surface area contributed by atoms with Gasteiger partial charge in [-0.2, -0.15) is 0 Å². The van der Waals surface area contributed by atoms with Crippen LogP contribution < -0.4 is 11.1 Å². The highest BCUT2D eigenvalue weighted by Crippen LogP contribution is 2.44. The van der Waals surface area contributed by atoms with Crippen molar-refractivity contribution in [3.8, 4) is 0 Å². The van der Waals surface area contributed by atoms with Crippen LogP contribution in [0.5, 0.6) is 0 Å². The molecule has 0 radical (unpaired) electrons. The van der Waals surface area contributed by atoms with Gasteiger partial charge >= 0.3 is 6.09 Å². The molecule has 2 aromatic heterocycles. The van der Waals surface area contributed by atoms with Crippen LogP contribution in [0.1, 0.15) is 32.1 Å². The highest BCUT2D eigenvalue weighted by molar-refractivity contribution is 5.81. The van der Waals surface area contributed by atoms with E-state index in [1.54, 1.807) is 6.33 Å². The number of likely N-dealkylation sites (N-methyl/N-ethyl adjacent to an activating group) is 1. The van der Waals surface area contributed by atoms with Gasteiger partial charge in [-0.15, -0.1) is 0 Å². The molecule has 0 aliphatic carbocycles. The number of alkyl carbamates (subject to hydrolysis) is 1. The number of aromatic nitrogens is 4. The van der Waals surface area contributed by atoms with E-state index in [0.717, 1.165) is 18.5 Å². The van der Waals surface area contributed by atoms with Crippen molar-refractivity contribution in [2.75, 3.05) is 32.4 Å². The van der Waals surface area contributed by atoms with Crippen molar-refractivity contribution in [2.45, 2.75) is 57.2 Å². The number of benzene rings is 1. The van der Waals surface area contributed by atoms with E-state index >= 15 is 0 Å². The number of anilines is 1. The average Bonchev–Trinajstić information content (AvgIpc) is 3.53. The Hall–Kier alpha value is -3.32. The predicted octanol–water partition coefficient (Wildman–Crippen LogP) is 2.07. The Morgan fingerprint density at radius 1 is 1.19 bits per heavy atom. The Morgan fingerprint density at radius 3 is 2.78 bits per heavy atom. The molecule has 2 saturated heterocycles. The normalized spacial score (nSPS) is 24.4. The third-order valence-electron chi connectivity index (χ3n) is 6.48. The van der Waals surface area contributed by atoms with Crippen LogP contribution in [0.25, 0.3) is 11.2 Å². The van der Waals surface area contributed by atoms with Crippen molar-refractivity contribution in [1.82, 2.24) is 29.7 Å².